The Bertz CT molecular complexity index is 217. The van der Waals surface area contributed by atoms with Crippen molar-refractivity contribution in [2.75, 3.05) is 6.54 Å². The fourth-order valence-corrected chi connectivity index (χ4v) is 1.49. The predicted molar refractivity (Wildman–Crippen MR) is 70.5 cm³/mol. The first-order chi connectivity index (χ1) is 7.84. The topological polar surface area (TPSA) is 75.4 Å². The van der Waals surface area contributed by atoms with Gasteiger partial charge in [-0.3, -0.25) is 4.79 Å². The zero-order valence-electron chi connectivity index (χ0n) is 11.6. The molecule has 3 atom stereocenters. The molecular formula is C13H28N2O2. The van der Waals surface area contributed by atoms with Crippen LogP contribution >= 0.6 is 0 Å². The minimum atomic E-state index is -0.463. The van der Waals surface area contributed by atoms with Crippen molar-refractivity contribution in [3.63, 3.8) is 0 Å². The number of amides is 1. The van der Waals surface area contributed by atoms with E-state index in [4.69, 9.17) is 5.73 Å². The molecule has 0 aliphatic heterocycles. The molecule has 0 spiro atoms. The second kappa shape index (κ2) is 8.48. The van der Waals surface area contributed by atoms with E-state index in [9.17, 15) is 9.90 Å². The normalized spacial score (nSPS) is 16.6. The van der Waals surface area contributed by atoms with Gasteiger partial charge < -0.3 is 16.2 Å². The van der Waals surface area contributed by atoms with E-state index in [1.807, 2.05) is 27.7 Å². The van der Waals surface area contributed by atoms with E-state index in [1.54, 1.807) is 0 Å². The average molecular weight is 244 g/mol. The molecule has 0 fully saturated rings. The molecule has 0 aromatic carbocycles. The second-order valence-electron chi connectivity index (χ2n) is 5.37. The Labute approximate surface area is 105 Å². The van der Waals surface area contributed by atoms with E-state index in [0.29, 0.717) is 6.54 Å². The SMILES string of the molecule is CC(N)CCCC(C)C(=O)NCC(O)C(C)C. The zero-order chi connectivity index (χ0) is 13.4. The van der Waals surface area contributed by atoms with Crippen molar-refractivity contribution in [1.29, 1.82) is 0 Å². The number of carbonyl (C=O) groups excluding carboxylic acids is 1. The van der Waals surface area contributed by atoms with Gasteiger partial charge in [0.25, 0.3) is 0 Å². The van der Waals surface area contributed by atoms with Crippen LogP contribution in [0.3, 0.4) is 0 Å². The molecule has 1 amide bonds. The summed E-state index contributed by atoms with van der Waals surface area (Å²) in [4.78, 5) is 11.7. The molecule has 4 heteroatoms. The minimum absolute atomic E-state index is 0.00638. The number of nitrogens with one attached hydrogen (secondary N) is 1. The van der Waals surface area contributed by atoms with Gasteiger partial charge in [-0.25, -0.2) is 0 Å². The highest BCUT2D eigenvalue weighted by Gasteiger charge is 2.15. The van der Waals surface area contributed by atoms with Crippen LogP contribution in [0.15, 0.2) is 0 Å². The molecule has 0 saturated heterocycles. The molecule has 0 aliphatic carbocycles. The highest BCUT2D eigenvalue weighted by molar-refractivity contribution is 5.78. The minimum Gasteiger partial charge on any atom is -0.391 e. The predicted octanol–water partition coefficient (Wildman–Crippen LogP) is 1.27. The quantitative estimate of drug-likeness (QED) is 0.602. The van der Waals surface area contributed by atoms with Gasteiger partial charge in [0.2, 0.25) is 5.91 Å². The number of nitrogens with two attached hydrogens (primary N) is 1. The Kier molecular flexibility index (Phi) is 8.17. The van der Waals surface area contributed by atoms with E-state index in [2.05, 4.69) is 5.32 Å². The molecule has 102 valence electrons. The first-order valence-corrected chi connectivity index (χ1v) is 6.56. The van der Waals surface area contributed by atoms with Gasteiger partial charge in [0, 0.05) is 18.5 Å². The lowest BCUT2D eigenvalue weighted by atomic mass is 10.0. The third kappa shape index (κ3) is 8.16. The van der Waals surface area contributed by atoms with Crippen molar-refractivity contribution in [3.8, 4) is 0 Å². The summed E-state index contributed by atoms with van der Waals surface area (Å²) < 4.78 is 0. The molecule has 4 nitrogen and oxygen atoms in total. The third-order valence-electron chi connectivity index (χ3n) is 3.00. The molecule has 0 heterocycles. The van der Waals surface area contributed by atoms with Gasteiger partial charge in [0.05, 0.1) is 6.10 Å². The number of carbonyl (C=O) groups is 1. The summed E-state index contributed by atoms with van der Waals surface area (Å²) in [5.74, 6) is 0.186. The molecule has 0 radical (unpaired) electrons. The van der Waals surface area contributed by atoms with Crippen molar-refractivity contribution in [2.45, 2.75) is 59.1 Å². The van der Waals surface area contributed by atoms with Gasteiger partial charge in [-0.15, -0.1) is 0 Å². The maximum atomic E-state index is 11.7. The van der Waals surface area contributed by atoms with Crippen molar-refractivity contribution in [3.05, 3.63) is 0 Å². The summed E-state index contributed by atoms with van der Waals surface area (Å²) in [5, 5.41) is 12.4. The third-order valence-corrected chi connectivity index (χ3v) is 3.00. The van der Waals surface area contributed by atoms with Crippen LogP contribution in [0.4, 0.5) is 0 Å². The van der Waals surface area contributed by atoms with Crippen LogP contribution in [-0.2, 0) is 4.79 Å². The summed E-state index contributed by atoms with van der Waals surface area (Å²) in [6, 6.07) is 0.202. The summed E-state index contributed by atoms with van der Waals surface area (Å²) in [5.41, 5.74) is 5.65. The van der Waals surface area contributed by atoms with Crippen LogP contribution in [0.1, 0.15) is 47.0 Å². The Morgan fingerprint density at radius 2 is 1.82 bits per heavy atom. The van der Waals surface area contributed by atoms with E-state index < -0.39 is 6.10 Å². The highest BCUT2D eigenvalue weighted by atomic mass is 16.3. The molecule has 17 heavy (non-hydrogen) atoms. The van der Waals surface area contributed by atoms with Gasteiger partial charge in [-0.1, -0.05) is 27.2 Å². The van der Waals surface area contributed by atoms with E-state index in [-0.39, 0.29) is 23.8 Å². The van der Waals surface area contributed by atoms with Gasteiger partial charge in [-0.05, 0) is 25.7 Å². The molecule has 0 saturated carbocycles. The van der Waals surface area contributed by atoms with Crippen molar-refractivity contribution < 1.29 is 9.90 Å². The fraction of sp³-hybridized carbons (Fsp3) is 0.923. The summed E-state index contributed by atoms with van der Waals surface area (Å²) >= 11 is 0. The van der Waals surface area contributed by atoms with Gasteiger partial charge in [0.1, 0.15) is 0 Å². The van der Waals surface area contributed by atoms with Crippen LogP contribution in [0.25, 0.3) is 0 Å². The van der Waals surface area contributed by atoms with Crippen molar-refractivity contribution >= 4 is 5.91 Å². The standard InChI is InChI=1S/C13H28N2O2/c1-9(2)12(16)8-15-13(17)10(3)6-5-7-11(4)14/h9-12,16H,5-8,14H2,1-4H3,(H,15,17). The smallest absolute Gasteiger partial charge is 0.222 e. The fourth-order valence-electron chi connectivity index (χ4n) is 1.49. The second-order valence-corrected chi connectivity index (χ2v) is 5.37. The lowest BCUT2D eigenvalue weighted by Crippen LogP contribution is -2.37. The van der Waals surface area contributed by atoms with Gasteiger partial charge in [-0.2, -0.15) is 0 Å². The van der Waals surface area contributed by atoms with Gasteiger partial charge in [0.15, 0.2) is 0 Å². The maximum Gasteiger partial charge on any atom is 0.222 e. The first kappa shape index (κ1) is 16.4. The molecular weight excluding hydrogens is 216 g/mol. The monoisotopic (exact) mass is 244 g/mol. The Hall–Kier alpha value is -0.610. The molecule has 4 N–H and O–H groups in total. The van der Waals surface area contributed by atoms with Crippen molar-refractivity contribution in [1.82, 2.24) is 5.32 Å². The molecule has 0 aromatic heterocycles. The number of hydrogen-bond acceptors (Lipinski definition) is 3. The molecule has 3 unspecified atom stereocenters. The Morgan fingerprint density at radius 1 is 1.24 bits per heavy atom. The Morgan fingerprint density at radius 3 is 2.29 bits per heavy atom. The van der Waals surface area contributed by atoms with Crippen molar-refractivity contribution in [2.24, 2.45) is 17.6 Å². The first-order valence-electron chi connectivity index (χ1n) is 6.56. The average Bonchev–Trinajstić information content (AvgIpc) is 2.24. The summed E-state index contributed by atoms with van der Waals surface area (Å²) in [6.45, 7) is 8.10. The van der Waals surface area contributed by atoms with Gasteiger partial charge >= 0.3 is 0 Å². The highest BCUT2D eigenvalue weighted by Crippen LogP contribution is 2.09. The number of aliphatic hydroxyl groups excluding tert-OH is 1. The molecule has 0 bridgehead atoms. The van der Waals surface area contributed by atoms with Crippen LogP contribution in [0.2, 0.25) is 0 Å². The number of aliphatic hydroxyl groups is 1. The maximum absolute atomic E-state index is 11.7. The van der Waals surface area contributed by atoms with E-state index in [1.165, 1.54) is 0 Å². The van der Waals surface area contributed by atoms with Crippen LogP contribution < -0.4 is 11.1 Å². The molecule has 0 rings (SSSR count). The Balaban J connectivity index is 3.74. The summed E-state index contributed by atoms with van der Waals surface area (Å²) in [6.07, 6.45) is 2.31. The molecule has 0 aromatic rings. The van der Waals surface area contributed by atoms with Crippen LogP contribution in [-0.4, -0.2) is 29.7 Å². The van der Waals surface area contributed by atoms with Crippen LogP contribution in [0.5, 0.6) is 0 Å². The van der Waals surface area contributed by atoms with E-state index in [0.717, 1.165) is 19.3 Å². The molecule has 0 aliphatic rings. The number of rotatable bonds is 8. The lowest BCUT2D eigenvalue weighted by Gasteiger charge is -2.17. The number of hydrogen-bond donors (Lipinski definition) is 3. The van der Waals surface area contributed by atoms with E-state index >= 15 is 0 Å². The zero-order valence-corrected chi connectivity index (χ0v) is 11.6. The lowest BCUT2D eigenvalue weighted by molar-refractivity contribution is -0.125. The summed E-state index contributed by atoms with van der Waals surface area (Å²) in [7, 11) is 0. The largest absolute Gasteiger partial charge is 0.391 e. The van der Waals surface area contributed by atoms with Crippen LogP contribution in [0, 0.1) is 11.8 Å².